The Morgan fingerprint density at radius 3 is 2.18 bits per heavy atom. The van der Waals surface area contributed by atoms with E-state index in [9.17, 15) is 48.0 Å². The average Bonchev–Trinajstić information content (AvgIpc) is 2.92. The maximum atomic E-state index is 12.4. The van der Waals surface area contributed by atoms with E-state index in [1.54, 1.807) is 0 Å². The molecule has 22 heteroatoms. The van der Waals surface area contributed by atoms with E-state index in [4.69, 9.17) is 4.55 Å². The lowest BCUT2D eigenvalue weighted by atomic mass is 10.1. The fourth-order valence-electron chi connectivity index (χ4n) is 3.88. The fraction of sp³-hybridized carbons (Fsp3) is 0.217. The summed E-state index contributed by atoms with van der Waals surface area (Å²) in [6, 6.07) is 7.28. The van der Waals surface area contributed by atoms with Crippen LogP contribution in [0.1, 0.15) is 11.1 Å². The summed E-state index contributed by atoms with van der Waals surface area (Å²) in [6.45, 7) is 3.46. The molecule has 0 aliphatic carbocycles. The number of nitrogens with zero attached hydrogens (tertiary/aromatic N) is 4. The highest BCUT2D eigenvalue weighted by molar-refractivity contribution is 7.94. The number of nitrogens with one attached hydrogen (secondary N) is 2. The summed E-state index contributed by atoms with van der Waals surface area (Å²) < 4.78 is 126. The van der Waals surface area contributed by atoms with E-state index in [0.717, 1.165) is 35.7 Å². The van der Waals surface area contributed by atoms with Crippen molar-refractivity contribution >= 4 is 74.3 Å². The lowest BCUT2D eigenvalue weighted by Crippen LogP contribution is -2.17. The van der Waals surface area contributed by atoms with Crippen molar-refractivity contribution in [2.75, 3.05) is 36.1 Å². The van der Waals surface area contributed by atoms with Crippen LogP contribution in [0.15, 0.2) is 62.3 Å². The van der Waals surface area contributed by atoms with Gasteiger partial charge in [-0.2, -0.15) is 30.5 Å². The minimum atomic E-state index is -5.10. The number of nitriles is 1. The second-order valence-corrected chi connectivity index (χ2v) is 14.7. The maximum absolute atomic E-state index is 12.4. The number of sulfone groups is 1. The van der Waals surface area contributed by atoms with Crippen molar-refractivity contribution in [1.82, 2.24) is 4.98 Å². The van der Waals surface area contributed by atoms with E-state index in [1.807, 2.05) is 6.07 Å². The van der Waals surface area contributed by atoms with Gasteiger partial charge in [0.05, 0.1) is 17.9 Å². The standard InChI is InChI=1S/C23H24N6O12S4/c1-3-42(30,31)12-10-26-22-17(13-24)14(2)20(23(27-22)25-9-11-41-45(38,39)40)29-28-18-8-7-15-16(21(18)44(35,36)37)5-4-6-19(15)43(32,33)34/h3-8H,1,9-12H2,2H3,(H2,25,26,27)(H,32,33,34)(H,35,36,37)(H,38,39,40). The molecule has 242 valence electrons. The van der Waals surface area contributed by atoms with Crippen LogP contribution in [0.4, 0.5) is 23.0 Å². The summed E-state index contributed by atoms with van der Waals surface area (Å²) in [4.78, 5) is 2.70. The lowest BCUT2D eigenvalue weighted by Gasteiger charge is -2.15. The molecule has 2 aromatic carbocycles. The second-order valence-electron chi connectivity index (χ2n) is 8.82. The largest absolute Gasteiger partial charge is 0.397 e. The Bertz CT molecular complexity index is 2180. The number of hydrogen-bond acceptors (Lipinski definition) is 15. The van der Waals surface area contributed by atoms with Crippen LogP contribution in [-0.4, -0.2) is 77.8 Å². The van der Waals surface area contributed by atoms with Gasteiger partial charge in [0.25, 0.3) is 20.2 Å². The highest BCUT2D eigenvalue weighted by Gasteiger charge is 2.24. The van der Waals surface area contributed by atoms with E-state index in [0.29, 0.717) is 0 Å². The summed E-state index contributed by atoms with van der Waals surface area (Å²) >= 11 is 0. The fourth-order valence-corrected chi connectivity index (χ4v) is 6.27. The van der Waals surface area contributed by atoms with Gasteiger partial charge in [0.1, 0.15) is 33.1 Å². The Labute approximate surface area is 257 Å². The van der Waals surface area contributed by atoms with Gasteiger partial charge < -0.3 is 10.6 Å². The van der Waals surface area contributed by atoms with Crippen molar-refractivity contribution in [1.29, 1.82) is 5.26 Å². The average molecular weight is 705 g/mol. The van der Waals surface area contributed by atoms with Crippen molar-refractivity contribution in [2.24, 2.45) is 10.2 Å². The molecule has 3 aromatic rings. The number of anilines is 2. The Kier molecular flexibility index (Phi) is 10.6. The van der Waals surface area contributed by atoms with Gasteiger partial charge in [-0.3, -0.25) is 13.7 Å². The first kappa shape index (κ1) is 35.4. The van der Waals surface area contributed by atoms with Gasteiger partial charge in [-0.05, 0) is 19.1 Å². The highest BCUT2D eigenvalue weighted by Crippen LogP contribution is 2.38. The summed E-state index contributed by atoms with van der Waals surface area (Å²) in [6.07, 6.45) is 0. The third kappa shape index (κ3) is 8.99. The Balaban J connectivity index is 2.19. The number of rotatable bonds is 14. The van der Waals surface area contributed by atoms with Crippen molar-refractivity contribution in [3.05, 3.63) is 53.4 Å². The molecule has 0 bridgehead atoms. The van der Waals surface area contributed by atoms with E-state index < -0.39 is 68.3 Å². The van der Waals surface area contributed by atoms with Crippen LogP contribution in [0, 0.1) is 18.3 Å². The zero-order valence-electron chi connectivity index (χ0n) is 22.9. The molecule has 0 saturated heterocycles. The topological polar surface area (TPSA) is 292 Å². The minimum Gasteiger partial charge on any atom is -0.368 e. The number of aromatic nitrogens is 1. The van der Waals surface area contributed by atoms with Crippen molar-refractivity contribution in [3.63, 3.8) is 0 Å². The van der Waals surface area contributed by atoms with E-state index in [-0.39, 0.29) is 52.3 Å². The van der Waals surface area contributed by atoms with E-state index in [2.05, 4.69) is 36.6 Å². The molecule has 0 radical (unpaired) electrons. The maximum Gasteiger partial charge on any atom is 0.397 e. The van der Waals surface area contributed by atoms with Crippen LogP contribution in [0.5, 0.6) is 0 Å². The van der Waals surface area contributed by atoms with Crippen LogP contribution in [0.25, 0.3) is 10.8 Å². The summed E-state index contributed by atoms with van der Waals surface area (Å²) in [5.41, 5.74) is -0.749. The van der Waals surface area contributed by atoms with Crippen molar-refractivity contribution in [2.45, 2.75) is 16.7 Å². The first-order valence-electron chi connectivity index (χ1n) is 12.1. The molecule has 0 aliphatic rings. The normalized spacial score (nSPS) is 12.7. The molecule has 0 saturated carbocycles. The van der Waals surface area contributed by atoms with Crippen LogP contribution in [0.3, 0.4) is 0 Å². The SMILES string of the molecule is C=CS(=O)(=O)CCNc1nc(NCCOS(=O)(=O)O)c(N=Nc2ccc3c(S(=O)(=O)O)cccc3c2S(=O)(=O)O)c(C)c1C#N. The smallest absolute Gasteiger partial charge is 0.368 e. The molecule has 0 unspecified atom stereocenters. The quantitative estimate of drug-likeness (QED) is 0.0915. The molecular formula is C23H24N6O12S4. The van der Waals surface area contributed by atoms with Crippen LogP contribution < -0.4 is 10.6 Å². The van der Waals surface area contributed by atoms with Gasteiger partial charge in [0.2, 0.25) is 0 Å². The van der Waals surface area contributed by atoms with Crippen molar-refractivity contribution < 1.29 is 51.5 Å². The summed E-state index contributed by atoms with van der Waals surface area (Å²) in [5, 5.41) is 23.2. The molecule has 0 amide bonds. The number of hydrogen-bond donors (Lipinski definition) is 5. The zero-order chi connectivity index (χ0) is 33.8. The number of benzene rings is 2. The third-order valence-electron chi connectivity index (χ3n) is 5.83. The van der Waals surface area contributed by atoms with Gasteiger partial charge >= 0.3 is 10.4 Å². The molecule has 45 heavy (non-hydrogen) atoms. The van der Waals surface area contributed by atoms with Gasteiger partial charge in [-0.15, -0.1) is 10.2 Å². The van der Waals surface area contributed by atoms with Crippen LogP contribution in [-0.2, 0) is 44.7 Å². The first-order chi connectivity index (χ1) is 20.8. The van der Waals surface area contributed by atoms with Crippen molar-refractivity contribution in [3.8, 4) is 6.07 Å². The molecule has 0 atom stereocenters. The van der Waals surface area contributed by atoms with Gasteiger partial charge in [-0.25, -0.2) is 17.6 Å². The Morgan fingerprint density at radius 1 is 0.933 bits per heavy atom. The predicted molar refractivity (Wildman–Crippen MR) is 160 cm³/mol. The number of azo groups is 1. The number of pyridine rings is 1. The molecule has 1 heterocycles. The van der Waals surface area contributed by atoms with Crippen LogP contribution >= 0.6 is 0 Å². The first-order valence-corrected chi connectivity index (χ1v) is 18.1. The van der Waals surface area contributed by atoms with Gasteiger partial charge in [0, 0.05) is 34.8 Å². The second kappa shape index (κ2) is 13.5. The van der Waals surface area contributed by atoms with Gasteiger partial charge in [0.15, 0.2) is 15.7 Å². The predicted octanol–water partition coefficient (Wildman–Crippen LogP) is 2.53. The molecule has 0 spiro atoms. The van der Waals surface area contributed by atoms with Crippen LogP contribution in [0.2, 0.25) is 0 Å². The summed E-state index contributed by atoms with van der Waals surface area (Å²) in [5.74, 6) is -0.714. The zero-order valence-corrected chi connectivity index (χ0v) is 26.2. The number of fused-ring (bicyclic) bond motifs is 1. The third-order valence-corrected chi connectivity index (χ3v) is 9.43. The monoisotopic (exact) mass is 704 g/mol. The van der Waals surface area contributed by atoms with E-state index >= 15 is 0 Å². The molecular weight excluding hydrogens is 681 g/mol. The summed E-state index contributed by atoms with van der Waals surface area (Å²) in [7, 11) is -18.3. The Hall–Kier alpha value is -4.08. The Morgan fingerprint density at radius 2 is 1.60 bits per heavy atom. The molecule has 0 aliphatic heterocycles. The van der Waals surface area contributed by atoms with Gasteiger partial charge in [-0.1, -0.05) is 24.8 Å². The minimum absolute atomic E-state index is 0.0754. The lowest BCUT2D eigenvalue weighted by molar-refractivity contribution is 0.278. The molecule has 18 nitrogen and oxygen atoms in total. The molecule has 1 aromatic heterocycles. The molecule has 0 fully saturated rings. The van der Waals surface area contributed by atoms with E-state index in [1.165, 1.54) is 6.92 Å². The highest BCUT2D eigenvalue weighted by atomic mass is 32.3. The molecule has 5 N–H and O–H groups in total. The molecule has 3 rings (SSSR count).